The fourth-order valence-electron chi connectivity index (χ4n) is 2.44. The lowest BCUT2D eigenvalue weighted by Crippen LogP contribution is -2.10. The van der Waals surface area contributed by atoms with Gasteiger partial charge in [-0.1, -0.05) is 0 Å². The summed E-state index contributed by atoms with van der Waals surface area (Å²) in [7, 11) is 1.61. The smallest absolute Gasteiger partial charge is 0.387 e. The monoisotopic (exact) mass is 361 g/mol. The van der Waals surface area contributed by atoms with Crippen molar-refractivity contribution in [3.05, 3.63) is 47.4 Å². The van der Waals surface area contributed by atoms with Crippen LogP contribution in [0.3, 0.4) is 0 Å². The molecule has 0 amide bonds. The van der Waals surface area contributed by atoms with Crippen LogP contribution in [0.4, 0.5) is 14.5 Å². The fourth-order valence-corrected chi connectivity index (χ4v) is 2.44. The Bertz CT molecular complexity index is 1000. The van der Waals surface area contributed by atoms with Crippen molar-refractivity contribution in [2.75, 3.05) is 12.4 Å². The predicted octanol–water partition coefficient (Wildman–Crippen LogP) is 2.72. The van der Waals surface area contributed by atoms with Gasteiger partial charge in [-0.05, 0) is 18.2 Å². The molecule has 0 atom stereocenters. The van der Waals surface area contributed by atoms with Gasteiger partial charge in [-0.15, -0.1) is 0 Å². The molecule has 10 heteroatoms. The van der Waals surface area contributed by atoms with Crippen molar-refractivity contribution in [3.63, 3.8) is 0 Å². The first-order valence-electron chi connectivity index (χ1n) is 7.34. The quantitative estimate of drug-likeness (QED) is 0.501. The van der Waals surface area contributed by atoms with Crippen LogP contribution >= 0.6 is 0 Å². The maximum atomic E-state index is 12.4. The van der Waals surface area contributed by atoms with E-state index in [0.29, 0.717) is 5.69 Å². The molecule has 134 valence electrons. The van der Waals surface area contributed by atoms with E-state index in [-0.39, 0.29) is 39.4 Å². The molecule has 0 fully saturated rings. The van der Waals surface area contributed by atoms with Crippen LogP contribution in [-0.2, 0) is 0 Å². The van der Waals surface area contributed by atoms with E-state index in [0.717, 1.165) is 0 Å². The standard InChI is InChI=1S/C16H13F2N5O3/c1-20-10-3-2-7(26-16(17)18)4-8(10)12(19)11-6-22-14-13(23-11)9(5-21-14)15(24)25/h2-6,16,19-20H,1H3,(H,21,22)(H,24,25). The number of aromatic carboxylic acids is 1. The number of fused-ring (bicyclic) bond motifs is 1. The van der Waals surface area contributed by atoms with Gasteiger partial charge in [0.15, 0.2) is 5.65 Å². The zero-order valence-corrected chi connectivity index (χ0v) is 13.4. The lowest BCUT2D eigenvalue weighted by atomic mass is 10.0. The second-order valence-corrected chi connectivity index (χ2v) is 5.17. The highest BCUT2D eigenvalue weighted by Gasteiger charge is 2.18. The summed E-state index contributed by atoms with van der Waals surface area (Å²) in [5.41, 5.74) is 1.00. The lowest BCUT2D eigenvalue weighted by Gasteiger charge is -2.12. The Balaban J connectivity index is 2.07. The maximum Gasteiger partial charge on any atom is 0.387 e. The number of anilines is 1. The molecule has 0 spiro atoms. The summed E-state index contributed by atoms with van der Waals surface area (Å²) < 4.78 is 29.3. The minimum absolute atomic E-state index is 0.0780. The molecule has 26 heavy (non-hydrogen) atoms. The van der Waals surface area contributed by atoms with Crippen LogP contribution in [-0.4, -0.2) is 45.4 Å². The summed E-state index contributed by atoms with van der Waals surface area (Å²) in [5, 5.41) is 20.4. The molecule has 0 aliphatic heterocycles. The number of nitrogens with one attached hydrogen (secondary N) is 3. The van der Waals surface area contributed by atoms with Gasteiger partial charge in [-0.2, -0.15) is 8.78 Å². The Labute approximate surface area is 145 Å². The summed E-state index contributed by atoms with van der Waals surface area (Å²) in [6.07, 6.45) is 2.56. The number of rotatable bonds is 6. The number of alkyl halides is 2. The molecule has 3 aromatic rings. The largest absolute Gasteiger partial charge is 0.478 e. The van der Waals surface area contributed by atoms with E-state index in [4.69, 9.17) is 5.41 Å². The third kappa shape index (κ3) is 3.16. The van der Waals surface area contributed by atoms with Gasteiger partial charge in [0, 0.05) is 24.5 Å². The van der Waals surface area contributed by atoms with Crippen LogP contribution in [0.25, 0.3) is 11.2 Å². The number of hydrogen-bond donors (Lipinski definition) is 4. The average molecular weight is 361 g/mol. The molecule has 0 aliphatic carbocycles. The van der Waals surface area contributed by atoms with Gasteiger partial charge < -0.3 is 20.1 Å². The molecule has 0 bridgehead atoms. The van der Waals surface area contributed by atoms with Gasteiger partial charge in [0.05, 0.1) is 11.9 Å². The number of aromatic nitrogens is 3. The number of ether oxygens (including phenoxy) is 1. The molecule has 0 radical (unpaired) electrons. The molecule has 0 unspecified atom stereocenters. The average Bonchev–Trinajstić information content (AvgIpc) is 3.04. The number of H-pyrrole nitrogens is 1. The highest BCUT2D eigenvalue weighted by molar-refractivity contribution is 6.14. The van der Waals surface area contributed by atoms with Crippen molar-refractivity contribution in [1.29, 1.82) is 5.41 Å². The Hall–Kier alpha value is -3.56. The van der Waals surface area contributed by atoms with Crippen LogP contribution in [0.1, 0.15) is 21.6 Å². The third-order valence-electron chi connectivity index (χ3n) is 3.62. The first-order valence-corrected chi connectivity index (χ1v) is 7.34. The molecule has 2 aromatic heterocycles. The summed E-state index contributed by atoms with van der Waals surface area (Å²) in [5.74, 6) is -1.29. The number of nitrogens with zero attached hydrogens (tertiary/aromatic N) is 2. The normalized spacial score (nSPS) is 10.9. The molecule has 4 N–H and O–H groups in total. The lowest BCUT2D eigenvalue weighted by molar-refractivity contribution is -0.0498. The van der Waals surface area contributed by atoms with Crippen LogP contribution < -0.4 is 10.1 Å². The molecule has 8 nitrogen and oxygen atoms in total. The van der Waals surface area contributed by atoms with E-state index in [9.17, 15) is 18.7 Å². The molecule has 0 saturated carbocycles. The first-order chi connectivity index (χ1) is 12.4. The van der Waals surface area contributed by atoms with Crippen molar-refractivity contribution >= 4 is 28.5 Å². The minimum Gasteiger partial charge on any atom is -0.478 e. The molecule has 0 aliphatic rings. The van der Waals surface area contributed by atoms with Gasteiger partial charge in [0.2, 0.25) is 0 Å². The predicted molar refractivity (Wildman–Crippen MR) is 89.4 cm³/mol. The number of carbonyl (C=O) groups is 1. The van der Waals surface area contributed by atoms with Crippen molar-refractivity contribution in [1.82, 2.24) is 15.0 Å². The van der Waals surface area contributed by atoms with Crippen molar-refractivity contribution in [3.8, 4) is 5.75 Å². The van der Waals surface area contributed by atoms with Crippen molar-refractivity contribution in [2.45, 2.75) is 6.61 Å². The molecule has 3 rings (SSSR count). The molecular formula is C16H13F2N5O3. The molecule has 1 aromatic carbocycles. The number of hydrogen-bond acceptors (Lipinski definition) is 6. The number of aromatic amines is 1. The SMILES string of the molecule is CNc1ccc(OC(F)F)cc1C(=N)c1cnc2[nH]cc(C(=O)O)c2n1. The van der Waals surface area contributed by atoms with E-state index in [1.807, 2.05) is 0 Å². The second-order valence-electron chi connectivity index (χ2n) is 5.17. The number of halogens is 2. The zero-order chi connectivity index (χ0) is 18.8. The Morgan fingerprint density at radius 3 is 2.81 bits per heavy atom. The maximum absolute atomic E-state index is 12.4. The van der Waals surface area contributed by atoms with Gasteiger partial charge in [-0.3, -0.25) is 5.41 Å². The second kappa shape index (κ2) is 6.75. The van der Waals surface area contributed by atoms with Gasteiger partial charge in [0.25, 0.3) is 0 Å². The highest BCUT2D eigenvalue weighted by atomic mass is 19.3. The van der Waals surface area contributed by atoms with Crippen LogP contribution in [0, 0.1) is 5.41 Å². The van der Waals surface area contributed by atoms with E-state index < -0.39 is 12.6 Å². The van der Waals surface area contributed by atoms with Gasteiger partial charge in [0.1, 0.15) is 22.5 Å². The van der Waals surface area contributed by atoms with Crippen molar-refractivity contribution < 1.29 is 23.4 Å². The van der Waals surface area contributed by atoms with E-state index in [2.05, 4.69) is 25.0 Å². The zero-order valence-electron chi connectivity index (χ0n) is 13.4. The third-order valence-corrected chi connectivity index (χ3v) is 3.62. The number of carboxylic acid groups (broad SMARTS) is 1. The first kappa shape index (κ1) is 17.3. The van der Waals surface area contributed by atoms with Crippen LogP contribution in [0.5, 0.6) is 5.75 Å². The van der Waals surface area contributed by atoms with Crippen molar-refractivity contribution in [2.24, 2.45) is 0 Å². The Morgan fingerprint density at radius 2 is 2.15 bits per heavy atom. The fraction of sp³-hybridized carbons (Fsp3) is 0.125. The van der Waals surface area contributed by atoms with E-state index in [1.165, 1.54) is 30.6 Å². The highest BCUT2D eigenvalue weighted by Crippen LogP contribution is 2.26. The molecule has 2 heterocycles. The summed E-state index contributed by atoms with van der Waals surface area (Å²) >= 11 is 0. The van der Waals surface area contributed by atoms with Crippen LogP contribution in [0.15, 0.2) is 30.6 Å². The molecule has 0 saturated heterocycles. The summed E-state index contributed by atoms with van der Waals surface area (Å²) in [6, 6.07) is 4.12. The number of carboxylic acids is 1. The number of benzene rings is 1. The molecular weight excluding hydrogens is 348 g/mol. The summed E-state index contributed by atoms with van der Waals surface area (Å²) in [6.45, 7) is -2.99. The topological polar surface area (TPSA) is 124 Å². The minimum atomic E-state index is -2.99. The Kier molecular flexibility index (Phi) is 4.48. The van der Waals surface area contributed by atoms with E-state index >= 15 is 0 Å². The van der Waals surface area contributed by atoms with Gasteiger partial charge >= 0.3 is 12.6 Å². The Morgan fingerprint density at radius 1 is 1.38 bits per heavy atom. The van der Waals surface area contributed by atoms with E-state index in [1.54, 1.807) is 7.05 Å². The summed E-state index contributed by atoms with van der Waals surface area (Å²) in [4.78, 5) is 22.2. The van der Waals surface area contributed by atoms with Gasteiger partial charge in [-0.25, -0.2) is 14.8 Å². The van der Waals surface area contributed by atoms with Crippen LogP contribution in [0.2, 0.25) is 0 Å².